The van der Waals surface area contributed by atoms with E-state index in [1.165, 1.54) is 0 Å². The van der Waals surface area contributed by atoms with Gasteiger partial charge in [0.1, 0.15) is 18.0 Å². The summed E-state index contributed by atoms with van der Waals surface area (Å²) in [4.78, 5) is 8.63. The molecule has 6 heteroatoms. The van der Waals surface area contributed by atoms with Crippen molar-refractivity contribution in [2.24, 2.45) is 0 Å². The molecular weight excluding hydrogens is 252 g/mol. The highest BCUT2D eigenvalue weighted by Gasteiger charge is 2.13. The van der Waals surface area contributed by atoms with E-state index < -0.39 is 0 Å². The molecule has 108 valence electrons. The zero-order valence-electron chi connectivity index (χ0n) is 12.3. The van der Waals surface area contributed by atoms with Gasteiger partial charge < -0.3 is 10.6 Å². The molecule has 6 nitrogen and oxygen atoms in total. The Morgan fingerprint density at radius 3 is 2.70 bits per heavy atom. The molecule has 0 spiro atoms. The van der Waals surface area contributed by atoms with E-state index in [-0.39, 0.29) is 0 Å². The topological polar surface area (TPSA) is 67.7 Å². The van der Waals surface area contributed by atoms with Gasteiger partial charge in [-0.05, 0) is 18.4 Å². The van der Waals surface area contributed by atoms with Crippen LogP contribution in [-0.2, 0) is 6.54 Å². The van der Waals surface area contributed by atoms with Gasteiger partial charge in [0, 0.05) is 38.1 Å². The van der Waals surface area contributed by atoms with Gasteiger partial charge in [0.25, 0.3) is 0 Å². The zero-order chi connectivity index (χ0) is 14.4. The van der Waals surface area contributed by atoms with Crippen molar-refractivity contribution in [2.75, 3.05) is 24.2 Å². The number of nitrogens with zero attached hydrogens (tertiary/aromatic N) is 4. The Bertz CT molecular complexity index is 520. The fourth-order valence-corrected chi connectivity index (χ4v) is 2.16. The largest absolute Gasteiger partial charge is 0.373 e. The molecule has 20 heavy (non-hydrogen) atoms. The van der Waals surface area contributed by atoms with Crippen LogP contribution in [0.15, 0.2) is 24.8 Å². The van der Waals surface area contributed by atoms with Gasteiger partial charge in [0.15, 0.2) is 0 Å². The summed E-state index contributed by atoms with van der Waals surface area (Å²) in [5.74, 6) is 2.18. The SMILES string of the molecule is CNc1ncnc(NCCCn2cccn2)c1C(C)C. The first-order valence-corrected chi connectivity index (χ1v) is 6.96. The minimum Gasteiger partial charge on any atom is -0.373 e. The molecule has 0 bridgehead atoms. The van der Waals surface area contributed by atoms with Crippen LogP contribution in [-0.4, -0.2) is 33.3 Å². The number of nitrogens with one attached hydrogen (secondary N) is 2. The zero-order valence-corrected chi connectivity index (χ0v) is 12.3. The number of rotatable bonds is 7. The van der Waals surface area contributed by atoms with Crippen LogP contribution in [0.2, 0.25) is 0 Å². The van der Waals surface area contributed by atoms with Gasteiger partial charge in [0.2, 0.25) is 0 Å². The van der Waals surface area contributed by atoms with E-state index >= 15 is 0 Å². The maximum atomic E-state index is 4.36. The molecule has 2 heterocycles. The van der Waals surface area contributed by atoms with Gasteiger partial charge in [-0.2, -0.15) is 5.10 Å². The molecule has 2 N–H and O–H groups in total. The molecule has 0 fully saturated rings. The van der Waals surface area contributed by atoms with Gasteiger partial charge in [0.05, 0.1) is 0 Å². The lowest BCUT2D eigenvalue weighted by molar-refractivity contribution is 0.591. The summed E-state index contributed by atoms with van der Waals surface area (Å²) in [5.41, 5.74) is 1.13. The molecule has 0 saturated heterocycles. The van der Waals surface area contributed by atoms with Crippen molar-refractivity contribution in [3.63, 3.8) is 0 Å². The summed E-state index contributed by atoms with van der Waals surface area (Å²) in [6.45, 7) is 6.06. The first-order valence-electron chi connectivity index (χ1n) is 6.96. The second kappa shape index (κ2) is 6.88. The molecule has 0 atom stereocenters. The molecule has 0 radical (unpaired) electrons. The number of aromatic nitrogens is 4. The summed E-state index contributed by atoms with van der Waals surface area (Å²) in [7, 11) is 1.88. The fraction of sp³-hybridized carbons (Fsp3) is 0.500. The van der Waals surface area contributed by atoms with E-state index in [2.05, 4.69) is 39.5 Å². The summed E-state index contributed by atoms with van der Waals surface area (Å²) >= 11 is 0. The predicted molar refractivity (Wildman–Crippen MR) is 81.0 cm³/mol. The molecule has 0 aliphatic rings. The first-order chi connectivity index (χ1) is 9.72. The monoisotopic (exact) mass is 274 g/mol. The van der Waals surface area contributed by atoms with Crippen LogP contribution in [0.5, 0.6) is 0 Å². The third kappa shape index (κ3) is 3.46. The molecule has 0 aliphatic heterocycles. The van der Waals surface area contributed by atoms with E-state index in [0.717, 1.165) is 36.7 Å². The second-order valence-corrected chi connectivity index (χ2v) is 4.94. The van der Waals surface area contributed by atoms with Gasteiger partial charge in [-0.15, -0.1) is 0 Å². The van der Waals surface area contributed by atoms with Crippen LogP contribution in [0.1, 0.15) is 31.7 Å². The highest BCUT2D eigenvalue weighted by Crippen LogP contribution is 2.27. The van der Waals surface area contributed by atoms with Crippen LogP contribution in [0.25, 0.3) is 0 Å². The van der Waals surface area contributed by atoms with Crippen LogP contribution >= 0.6 is 0 Å². The number of anilines is 2. The maximum Gasteiger partial charge on any atom is 0.134 e. The number of hydrogen-bond acceptors (Lipinski definition) is 5. The van der Waals surface area contributed by atoms with Crippen LogP contribution in [0.4, 0.5) is 11.6 Å². The third-order valence-corrected chi connectivity index (χ3v) is 3.11. The Hall–Kier alpha value is -2.11. The average molecular weight is 274 g/mol. The minimum atomic E-state index is 0.368. The lowest BCUT2D eigenvalue weighted by Crippen LogP contribution is -2.12. The summed E-state index contributed by atoms with van der Waals surface area (Å²) in [6.07, 6.45) is 6.36. The highest BCUT2D eigenvalue weighted by atomic mass is 15.3. The molecule has 0 saturated carbocycles. The average Bonchev–Trinajstić information content (AvgIpc) is 2.96. The molecule has 0 amide bonds. The maximum absolute atomic E-state index is 4.36. The van der Waals surface area contributed by atoms with Crippen molar-refractivity contribution in [1.29, 1.82) is 0 Å². The van der Waals surface area contributed by atoms with E-state index in [0.29, 0.717) is 5.92 Å². The number of aryl methyl sites for hydroxylation is 1. The number of hydrogen-bond donors (Lipinski definition) is 2. The first kappa shape index (κ1) is 14.3. The van der Waals surface area contributed by atoms with Crippen molar-refractivity contribution in [3.8, 4) is 0 Å². The Morgan fingerprint density at radius 1 is 1.25 bits per heavy atom. The Kier molecular flexibility index (Phi) is 4.92. The van der Waals surface area contributed by atoms with Crippen molar-refractivity contribution < 1.29 is 0 Å². The molecular formula is C14H22N6. The normalized spacial score (nSPS) is 10.8. The minimum absolute atomic E-state index is 0.368. The summed E-state index contributed by atoms with van der Waals surface area (Å²) < 4.78 is 1.93. The lowest BCUT2D eigenvalue weighted by atomic mass is 10.0. The van der Waals surface area contributed by atoms with Crippen LogP contribution in [0, 0.1) is 0 Å². The molecule has 0 aliphatic carbocycles. The van der Waals surface area contributed by atoms with Crippen molar-refractivity contribution >= 4 is 11.6 Å². The van der Waals surface area contributed by atoms with Gasteiger partial charge in [-0.3, -0.25) is 4.68 Å². The van der Waals surface area contributed by atoms with E-state index in [1.54, 1.807) is 12.5 Å². The summed E-state index contributed by atoms with van der Waals surface area (Å²) in [6, 6.07) is 1.94. The second-order valence-electron chi connectivity index (χ2n) is 4.94. The van der Waals surface area contributed by atoms with E-state index in [1.807, 2.05) is 24.0 Å². The van der Waals surface area contributed by atoms with Gasteiger partial charge in [-0.25, -0.2) is 9.97 Å². The Labute approximate surface area is 119 Å². The Balaban J connectivity index is 1.95. The molecule has 2 rings (SSSR count). The van der Waals surface area contributed by atoms with E-state index in [9.17, 15) is 0 Å². The quantitative estimate of drug-likeness (QED) is 0.759. The third-order valence-electron chi connectivity index (χ3n) is 3.11. The molecule has 2 aromatic heterocycles. The van der Waals surface area contributed by atoms with Gasteiger partial charge in [-0.1, -0.05) is 13.8 Å². The smallest absolute Gasteiger partial charge is 0.134 e. The standard InChI is InChI=1S/C14H22N6/c1-11(2)12-13(15-3)17-10-18-14(12)16-6-4-8-20-9-5-7-19-20/h5,7,9-11H,4,6,8H2,1-3H3,(H2,15,16,17,18). The predicted octanol–water partition coefficient (Wildman–Crippen LogP) is 2.34. The molecule has 2 aromatic rings. The molecule has 0 unspecified atom stereocenters. The highest BCUT2D eigenvalue weighted by molar-refractivity contribution is 5.58. The van der Waals surface area contributed by atoms with Gasteiger partial charge >= 0.3 is 0 Å². The Morgan fingerprint density at radius 2 is 2.05 bits per heavy atom. The lowest BCUT2D eigenvalue weighted by Gasteiger charge is -2.16. The van der Waals surface area contributed by atoms with Crippen LogP contribution < -0.4 is 10.6 Å². The summed E-state index contributed by atoms with van der Waals surface area (Å²) in [5, 5.41) is 10.7. The van der Waals surface area contributed by atoms with Crippen molar-refractivity contribution in [1.82, 2.24) is 19.7 Å². The van der Waals surface area contributed by atoms with Crippen molar-refractivity contribution in [2.45, 2.75) is 32.7 Å². The van der Waals surface area contributed by atoms with E-state index in [4.69, 9.17) is 0 Å². The van der Waals surface area contributed by atoms with Crippen molar-refractivity contribution in [3.05, 3.63) is 30.4 Å². The molecule has 0 aromatic carbocycles. The fourth-order valence-electron chi connectivity index (χ4n) is 2.16. The van der Waals surface area contributed by atoms with Crippen LogP contribution in [0.3, 0.4) is 0 Å².